The van der Waals surface area contributed by atoms with Gasteiger partial charge in [0, 0.05) is 38.9 Å². The summed E-state index contributed by atoms with van der Waals surface area (Å²) in [4.78, 5) is 16.5. The van der Waals surface area contributed by atoms with Crippen LogP contribution in [-0.4, -0.2) is 79.0 Å². The average Bonchev–Trinajstić information content (AvgIpc) is 3.07. The molecule has 3 rings (SSSR count). The van der Waals surface area contributed by atoms with Crippen molar-refractivity contribution >= 4 is 5.91 Å². The number of aliphatic hydroxyl groups is 1. The highest BCUT2D eigenvalue weighted by Crippen LogP contribution is 2.26. The largest absolute Gasteiger partial charge is 0.490 e. The minimum atomic E-state index is -1.24. The molecule has 0 bridgehead atoms. The number of carbonyl (C=O) groups excluding carboxylic acids is 1. The van der Waals surface area contributed by atoms with Gasteiger partial charge in [-0.05, 0) is 25.0 Å². The van der Waals surface area contributed by atoms with Crippen LogP contribution in [-0.2, 0) is 9.53 Å². The Hall–Kier alpha value is -1.70. The third-order valence-corrected chi connectivity index (χ3v) is 5.90. The molecule has 1 aromatic carbocycles. The Balaban J connectivity index is 1.74. The lowest BCUT2D eigenvalue weighted by molar-refractivity contribution is -0.138. The number of benzene rings is 1. The van der Waals surface area contributed by atoms with Crippen LogP contribution in [0.2, 0.25) is 0 Å². The zero-order chi connectivity index (χ0) is 20.7. The van der Waals surface area contributed by atoms with Crippen molar-refractivity contribution in [3.05, 3.63) is 30.1 Å². The molecule has 1 heterocycles. The van der Waals surface area contributed by atoms with Crippen molar-refractivity contribution in [2.24, 2.45) is 0 Å². The lowest BCUT2D eigenvalue weighted by Gasteiger charge is -2.36. The van der Waals surface area contributed by atoms with Gasteiger partial charge in [-0.3, -0.25) is 9.69 Å². The SMILES string of the molecule is COCC(=O)N1CCN(C2CCCCCC2)CC(O)(COc2cccc(F)c2)C1. The highest BCUT2D eigenvalue weighted by molar-refractivity contribution is 5.77. The molecule has 1 N–H and O–H groups in total. The van der Waals surface area contributed by atoms with Gasteiger partial charge in [0.2, 0.25) is 5.91 Å². The maximum atomic E-state index is 13.5. The molecule has 1 aliphatic heterocycles. The number of rotatable bonds is 6. The van der Waals surface area contributed by atoms with Gasteiger partial charge in [-0.25, -0.2) is 4.39 Å². The molecule has 1 atom stereocenters. The van der Waals surface area contributed by atoms with Gasteiger partial charge in [-0.2, -0.15) is 0 Å². The zero-order valence-electron chi connectivity index (χ0n) is 17.3. The normalized spacial score (nSPS) is 24.7. The van der Waals surface area contributed by atoms with Crippen molar-refractivity contribution in [1.29, 1.82) is 0 Å². The molecular weight excluding hydrogens is 375 g/mol. The Morgan fingerprint density at radius 2 is 1.97 bits per heavy atom. The molecule has 1 unspecified atom stereocenters. The highest BCUT2D eigenvalue weighted by atomic mass is 19.1. The first kappa shape index (κ1) is 22.0. The minimum Gasteiger partial charge on any atom is -0.490 e. The van der Waals surface area contributed by atoms with Crippen LogP contribution in [0, 0.1) is 5.82 Å². The summed E-state index contributed by atoms with van der Waals surface area (Å²) in [5, 5.41) is 11.4. The summed E-state index contributed by atoms with van der Waals surface area (Å²) in [6.45, 7) is 1.88. The molecule has 0 aromatic heterocycles. The van der Waals surface area contributed by atoms with Gasteiger partial charge in [0.05, 0.1) is 6.54 Å². The van der Waals surface area contributed by atoms with Gasteiger partial charge < -0.3 is 19.5 Å². The van der Waals surface area contributed by atoms with Crippen LogP contribution in [0.25, 0.3) is 0 Å². The zero-order valence-corrected chi connectivity index (χ0v) is 17.3. The number of carbonyl (C=O) groups is 1. The predicted molar refractivity (Wildman–Crippen MR) is 108 cm³/mol. The second kappa shape index (κ2) is 10.4. The van der Waals surface area contributed by atoms with E-state index in [-0.39, 0.29) is 31.5 Å². The fourth-order valence-electron chi connectivity index (χ4n) is 4.42. The Morgan fingerprint density at radius 3 is 2.66 bits per heavy atom. The standard InChI is InChI=1S/C22H33FN2O4/c1-28-14-21(26)25-12-11-24(19-8-4-2-3-5-9-19)15-22(27,16-25)17-29-20-10-6-7-18(23)13-20/h6-7,10,13,19,27H,2-5,8-9,11-12,14-17H2,1H3. The van der Waals surface area contributed by atoms with Crippen LogP contribution >= 0.6 is 0 Å². The number of ether oxygens (including phenoxy) is 2. The molecule has 7 heteroatoms. The summed E-state index contributed by atoms with van der Waals surface area (Å²) in [5.41, 5.74) is -1.24. The molecule has 0 radical (unpaired) electrons. The van der Waals surface area contributed by atoms with Crippen LogP contribution < -0.4 is 4.74 Å². The van der Waals surface area contributed by atoms with E-state index in [2.05, 4.69) is 4.90 Å². The molecule has 1 saturated carbocycles. The highest BCUT2D eigenvalue weighted by Gasteiger charge is 2.39. The number of β-amino-alcohol motifs (C(OH)–C–C–N with tert-alkyl or cyclic N) is 1. The van der Waals surface area contributed by atoms with E-state index in [4.69, 9.17) is 9.47 Å². The summed E-state index contributed by atoms with van der Waals surface area (Å²) in [6.07, 6.45) is 7.16. The Bertz CT molecular complexity index is 666. The van der Waals surface area contributed by atoms with Gasteiger partial charge >= 0.3 is 0 Å². The van der Waals surface area contributed by atoms with Crippen LogP contribution in [0.3, 0.4) is 0 Å². The van der Waals surface area contributed by atoms with Gasteiger partial charge in [-0.15, -0.1) is 0 Å². The van der Waals surface area contributed by atoms with Crippen LogP contribution in [0.5, 0.6) is 5.75 Å². The molecule has 162 valence electrons. The smallest absolute Gasteiger partial charge is 0.248 e. The quantitative estimate of drug-likeness (QED) is 0.733. The van der Waals surface area contributed by atoms with E-state index in [0.717, 1.165) is 19.4 Å². The Labute approximate surface area is 172 Å². The van der Waals surface area contributed by atoms with E-state index in [9.17, 15) is 14.3 Å². The third kappa shape index (κ3) is 6.39. The molecule has 29 heavy (non-hydrogen) atoms. The maximum absolute atomic E-state index is 13.5. The van der Waals surface area contributed by atoms with E-state index in [1.54, 1.807) is 17.0 Å². The lowest BCUT2D eigenvalue weighted by atomic mass is 10.0. The fraction of sp³-hybridized carbons (Fsp3) is 0.682. The van der Waals surface area contributed by atoms with Crippen LogP contribution in [0.1, 0.15) is 38.5 Å². The molecule has 1 amide bonds. The average molecular weight is 409 g/mol. The van der Waals surface area contributed by atoms with Crippen molar-refractivity contribution < 1.29 is 23.8 Å². The van der Waals surface area contributed by atoms with Crippen LogP contribution in [0.4, 0.5) is 4.39 Å². The summed E-state index contributed by atoms with van der Waals surface area (Å²) in [7, 11) is 1.49. The second-order valence-corrected chi connectivity index (χ2v) is 8.33. The molecular formula is C22H33FN2O4. The molecule has 1 aliphatic carbocycles. The van der Waals surface area contributed by atoms with E-state index >= 15 is 0 Å². The number of nitrogens with zero attached hydrogens (tertiary/aromatic N) is 2. The summed E-state index contributed by atoms with van der Waals surface area (Å²) in [5.74, 6) is -0.148. The number of hydrogen-bond acceptors (Lipinski definition) is 5. The van der Waals surface area contributed by atoms with Gasteiger partial charge in [0.1, 0.15) is 30.4 Å². The Kier molecular flexibility index (Phi) is 7.86. The molecule has 1 aromatic rings. The first-order valence-corrected chi connectivity index (χ1v) is 10.6. The topological polar surface area (TPSA) is 62.2 Å². The van der Waals surface area contributed by atoms with E-state index in [0.29, 0.717) is 24.9 Å². The van der Waals surface area contributed by atoms with Crippen molar-refractivity contribution in [1.82, 2.24) is 9.80 Å². The predicted octanol–water partition coefficient (Wildman–Crippen LogP) is 2.45. The maximum Gasteiger partial charge on any atom is 0.248 e. The fourth-order valence-corrected chi connectivity index (χ4v) is 4.42. The summed E-state index contributed by atoms with van der Waals surface area (Å²) < 4.78 is 24.2. The van der Waals surface area contributed by atoms with E-state index < -0.39 is 5.60 Å². The lowest BCUT2D eigenvalue weighted by Crippen LogP contribution is -2.53. The van der Waals surface area contributed by atoms with Gasteiger partial charge in [0.25, 0.3) is 0 Å². The molecule has 6 nitrogen and oxygen atoms in total. The van der Waals surface area contributed by atoms with E-state index in [1.165, 1.54) is 44.9 Å². The number of hydrogen-bond donors (Lipinski definition) is 1. The monoisotopic (exact) mass is 408 g/mol. The number of halogens is 1. The molecule has 1 saturated heterocycles. The van der Waals surface area contributed by atoms with Crippen molar-refractivity contribution in [3.8, 4) is 5.75 Å². The van der Waals surface area contributed by atoms with Gasteiger partial charge in [0.15, 0.2) is 0 Å². The second-order valence-electron chi connectivity index (χ2n) is 8.33. The van der Waals surface area contributed by atoms with E-state index in [1.807, 2.05) is 0 Å². The molecule has 2 fully saturated rings. The van der Waals surface area contributed by atoms with Crippen molar-refractivity contribution in [2.45, 2.75) is 50.2 Å². The first-order chi connectivity index (χ1) is 14.0. The number of methoxy groups -OCH3 is 1. The van der Waals surface area contributed by atoms with Crippen LogP contribution in [0.15, 0.2) is 24.3 Å². The summed E-state index contributed by atoms with van der Waals surface area (Å²) in [6, 6.07) is 6.31. The molecule has 0 spiro atoms. The molecule has 2 aliphatic rings. The minimum absolute atomic E-state index is 0.00354. The summed E-state index contributed by atoms with van der Waals surface area (Å²) >= 11 is 0. The van der Waals surface area contributed by atoms with Gasteiger partial charge in [-0.1, -0.05) is 31.7 Å². The Morgan fingerprint density at radius 1 is 1.21 bits per heavy atom. The van der Waals surface area contributed by atoms with Crippen molar-refractivity contribution in [2.75, 3.05) is 46.5 Å². The third-order valence-electron chi connectivity index (χ3n) is 5.90. The first-order valence-electron chi connectivity index (χ1n) is 10.6. The number of amides is 1. The van der Waals surface area contributed by atoms with Crippen molar-refractivity contribution in [3.63, 3.8) is 0 Å².